The van der Waals surface area contributed by atoms with Crippen LogP contribution in [-0.4, -0.2) is 29.0 Å². The molecule has 1 aromatic heterocycles. The van der Waals surface area contributed by atoms with Crippen molar-refractivity contribution in [2.24, 2.45) is 5.73 Å². The number of H-pyrrole nitrogens is 1. The zero-order valence-corrected chi connectivity index (χ0v) is 20.7. The fourth-order valence-corrected chi connectivity index (χ4v) is 5.18. The Morgan fingerprint density at radius 1 is 0.921 bits per heavy atom. The molecule has 0 fully saturated rings. The van der Waals surface area contributed by atoms with Gasteiger partial charge in [0.1, 0.15) is 17.5 Å². The first-order valence-electron chi connectivity index (χ1n) is 12.2. The van der Waals surface area contributed by atoms with Crippen molar-refractivity contribution < 1.29 is 19.1 Å². The van der Waals surface area contributed by atoms with Gasteiger partial charge in [0.2, 0.25) is 0 Å². The summed E-state index contributed by atoms with van der Waals surface area (Å²) in [5, 5.41) is 1.08. The van der Waals surface area contributed by atoms with Crippen molar-refractivity contribution in [2.45, 2.75) is 12.6 Å². The highest BCUT2D eigenvalue weighted by Crippen LogP contribution is 2.40. The molecule has 0 aliphatic carbocycles. The van der Waals surface area contributed by atoms with Crippen LogP contribution in [0.15, 0.2) is 97.1 Å². The summed E-state index contributed by atoms with van der Waals surface area (Å²) in [6.07, 6.45) is -0.861. The van der Waals surface area contributed by atoms with Crippen molar-refractivity contribution in [1.82, 2.24) is 9.88 Å². The summed E-state index contributed by atoms with van der Waals surface area (Å²) in [5.74, 6) is 1.03. The number of hydrogen-bond acceptors (Lipinski definition) is 4. The molecule has 38 heavy (non-hydrogen) atoms. The molecule has 4 aromatic carbocycles. The van der Waals surface area contributed by atoms with Crippen LogP contribution >= 0.6 is 0 Å². The van der Waals surface area contributed by atoms with E-state index in [0.29, 0.717) is 17.9 Å². The van der Waals surface area contributed by atoms with Crippen molar-refractivity contribution in [3.63, 3.8) is 0 Å². The average molecular weight is 504 g/mol. The Kier molecular flexibility index (Phi) is 5.81. The smallest absolute Gasteiger partial charge is 0.409 e. The lowest BCUT2D eigenvalue weighted by Crippen LogP contribution is -2.30. The molecular weight excluding hydrogens is 478 g/mol. The van der Waals surface area contributed by atoms with Crippen LogP contribution in [-0.2, 0) is 6.54 Å². The molecule has 1 aliphatic heterocycles. The third kappa shape index (κ3) is 4.14. The number of ether oxygens (including phenoxy) is 2. The van der Waals surface area contributed by atoms with E-state index in [2.05, 4.69) is 17.1 Å². The van der Waals surface area contributed by atoms with Crippen molar-refractivity contribution in [1.29, 1.82) is 0 Å². The predicted molar refractivity (Wildman–Crippen MR) is 145 cm³/mol. The minimum absolute atomic E-state index is 0.0508. The van der Waals surface area contributed by atoms with Gasteiger partial charge in [-0.05, 0) is 58.5 Å². The van der Waals surface area contributed by atoms with Gasteiger partial charge in [0, 0.05) is 28.9 Å². The van der Waals surface area contributed by atoms with Crippen LogP contribution in [0.1, 0.15) is 33.2 Å². The van der Waals surface area contributed by atoms with Crippen LogP contribution < -0.4 is 15.2 Å². The van der Waals surface area contributed by atoms with Gasteiger partial charge in [0.05, 0.1) is 7.11 Å². The number of methoxy groups -OCH3 is 1. The van der Waals surface area contributed by atoms with E-state index in [4.69, 9.17) is 15.2 Å². The summed E-state index contributed by atoms with van der Waals surface area (Å²) >= 11 is 0. The van der Waals surface area contributed by atoms with Crippen molar-refractivity contribution >= 4 is 22.9 Å². The van der Waals surface area contributed by atoms with E-state index >= 15 is 0 Å². The zero-order valence-electron chi connectivity index (χ0n) is 20.7. The number of benzene rings is 4. The zero-order chi connectivity index (χ0) is 26.2. The molecule has 0 saturated heterocycles. The van der Waals surface area contributed by atoms with Crippen molar-refractivity contribution in [2.75, 3.05) is 7.11 Å². The second kappa shape index (κ2) is 9.44. The number of para-hydroxylation sites is 2. The maximum atomic E-state index is 14.0. The monoisotopic (exact) mass is 503 g/mol. The molecule has 0 saturated carbocycles. The molecule has 1 aliphatic rings. The lowest BCUT2D eigenvalue weighted by molar-refractivity contribution is 0.0726. The first-order valence-corrected chi connectivity index (χ1v) is 12.2. The molecule has 2 amide bonds. The van der Waals surface area contributed by atoms with Crippen molar-refractivity contribution in [3.8, 4) is 22.6 Å². The van der Waals surface area contributed by atoms with Gasteiger partial charge in [0.25, 0.3) is 5.91 Å². The number of carbonyl (C=O) groups excluding carboxylic acids is 2. The van der Waals surface area contributed by atoms with E-state index in [1.54, 1.807) is 19.2 Å². The molecule has 1 atom stereocenters. The summed E-state index contributed by atoms with van der Waals surface area (Å²) in [4.78, 5) is 30.4. The van der Waals surface area contributed by atoms with Crippen LogP contribution in [0.25, 0.3) is 22.0 Å². The van der Waals surface area contributed by atoms with E-state index in [1.165, 1.54) is 0 Å². The number of aromatic amines is 1. The van der Waals surface area contributed by atoms with Crippen LogP contribution in [0.4, 0.5) is 4.79 Å². The number of carbonyl (C=O) groups is 2. The molecule has 5 aromatic rings. The third-order valence-electron chi connectivity index (χ3n) is 6.94. The number of nitrogens with one attached hydrogen (secondary N) is 1. The fraction of sp³-hybridized carbons (Fsp3) is 0.0968. The standard InChI is InChI=1S/C31H25N3O4/c1-37-28-9-5-3-7-24(28)29(27-17-21-6-2-4-8-26(21)33-27)34-18-22-11-10-20(16-25(22)30(34)35)19-12-14-23(15-13-19)38-31(32)36/h2-17,29,33H,18H2,1H3,(H2,32,36)/t29-/m1/s1. The Labute approximate surface area is 219 Å². The Bertz CT molecular complexity index is 1640. The van der Waals surface area contributed by atoms with E-state index in [9.17, 15) is 9.59 Å². The van der Waals surface area contributed by atoms with Gasteiger partial charge in [-0.25, -0.2) is 4.79 Å². The molecule has 3 N–H and O–H groups in total. The van der Waals surface area contributed by atoms with Crippen LogP contribution in [0.5, 0.6) is 11.5 Å². The van der Waals surface area contributed by atoms with Crippen molar-refractivity contribution in [3.05, 3.63) is 119 Å². The first kappa shape index (κ1) is 23.4. The van der Waals surface area contributed by atoms with E-state index in [0.717, 1.165) is 44.6 Å². The SMILES string of the molecule is COc1ccccc1[C@H](c1cc2ccccc2[nH]1)N1Cc2ccc(-c3ccc(OC(N)=O)cc3)cc2C1=O. The first-order chi connectivity index (χ1) is 18.5. The number of hydrogen-bond donors (Lipinski definition) is 2. The number of amides is 2. The Morgan fingerprint density at radius 3 is 2.42 bits per heavy atom. The van der Waals surface area contributed by atoms with Crippen LogP contribution in [0, 0.1) is 0 Å². The largest absolute Gasteiger partial charge is 0.496 e. The number of nitrogens with two attached hydrogens (primary N) is 1. The number of rotatable bonds is 6. The van der Waals surface area contributed by atoms with Crippen LogP contribution in [0.3, 0.4) is 0 Å². The summed E-state index contributed by atoms with van der Waals surface area (Å²) in [5.41, 5.74) is 11.4. The quantitative estimate of drug-likeness (QED) is 0.295. The molecule has 2 heterocycles. The number of nitrogens with zero attached hydrogens (tertiary/aromatic N) is 1. The molecule has 0 spiro atoms. The summed E-state index contributed by atoms with van der Waals surface area (Å²) in [6, 6.07) is 30.6. The fourth-order valence-electron chi connectivity index (χ4n) is 5.18. The minimum atomic E-state index is -0.861. The number of fused-ring (bicyclic) bond motifs is 2. The predicted octanol–water partition coefficient (Wildman–Crippen LogP) is 6.05. The third-order valence-corrected chi connectivity index (χ3v) is 6.94. The molecule has 7 nitrogen and oxygen atoms in total. The van der Waals surface area contributed by atoms with Gasteiger partial charge in [-0.15, -0.1) is 0 Å². The molecule has 0 unspecified atom stereocenters. The lowest BCUT2D eigenvalue weighted by Gasteiger charge is -2.29. The Balaban J connectivity index is 1.39. The maximum absolute atomic E-state index is 14.0. The number of primary amides is 1. The van der Waals surface area contributed by atoms with Gasteiger partial charge in [-0.2, -0.15) is 0 Å². The lowest BCUT2D eigenvalue weighted by atomic mass is 10.00. The summed E-state index contributed by atoms with van der Waals surface area (Å²) in [7, 11) is 1.65. The van der Waals surface area contributed by atoms with Crippen LogP contribution in [0.2, 0.25) is 0 Å². The molecular formula is C31H25N3O4. The van der Waals surface area contributed by atoms with E-state index < -0.39 is 6.09 Å². The van der Waals surface area contributed by atoms with Gasteiger partial charge in [0.15, 0.2) is 0 Å². The minimum Gasteiger partial charge on any atom is -0.496 e. The maximum Gasteiger partial charge on any atom is 0.409 e. The van der Waals surface area contributed by atoms with Gasteiger partial charge >= 0.3 is 6.09 Å². The summed E-state index contributed by atoms with van der Waals surface area (Å²) < 4.78 is 10.6. The average Bonchev–Trinajstić information content (AvgIpc) is 3.50. The molecule has 6 rings (SSSR count). The van der Waals surface area contributed by atoms with Gasteiger partial charge < -0.3 is 25.1 Å². The number of aromatic nitrogens is 1. The molecule has 0 radical (unpaired) electrons. The van der Waals surface area contributed by atoms with Gasteiger partial charge in [-0.3, -0.25) is 4.79 Å². The molecule has 0 bridgehead atoms. The highest BCUT2D eigenvalue weighted by Gasteiger charge is 2.36. The molecule has 7 heteroatoms. The van der Waals surface area contributed by atoms with E-state index in [1.807, 2.05) is 77.7 Å². The Morgan fingerprint density at radius 2 is 1.66 bits per heavy atom. The normalized spacial score (nSPS) is 13.4. The second-order valence-electron chi connectivity index (χ2n) is 9.21. The summed E-state index contributed by atoms with van der Waals surface area (Å²) in [6.45, 7) is 0.470. The van der Waals surface area contributed by atoms with E-state index in [-0.39, 0.29) is 11.9 Å². The Hall–Kier alpha value is -5.04. The van der Waals surface area contributed by atoms with Gasteiger partial charge in [-0.1, -0.05) is 60.7 Å². The molecule has 188 valence electrons. The highest BCUT2D eigenvalue weighted by atomic mass is 16.5. The highest BCUT2D eigenvalue weighted by molar-refractivity contribution is 6.00. The topological polar surface area (TPSA) is 97.6 Å². The second-order valence-corrected chi connectivity index (χ2v) is 9.21.